The van der Waals surface area contributed by atoms with E-state index in [0.717, 1.165) is 18.5 Å². The number of esters is 1. The number of ether oxygens (including phenoxy) is 2. The number of hydrogen-bond donors (Lipinski definition) is 1. The number of para-hydroxylation sites is 2. The zero-order chi connectivity index (χ0) is 22.0. The van der Waals surface area contributed by atoms with Crippen molar-refractivity contribution >= 4 is 34.0 Å². The van der Waals surface area contributed by atoms with Gasteiger partial charge in [0.25, 0.3) is 0 Å². The van der Waals surface area contributed by atoms with E-state index < -0.39 is 5.97 Å². The van der Waals surface area contributed by atoms with Gasteiger partial charge >= 0.3 is 5.97 Å². The fraction of sp³-hybridized carbons (Fsp3) is 0.292. The molecular formula is C24H26N4O3. The number of carbonyl (C=O) groups is 1. The molecule has 0 atom stereocenters. The summed E-state index contributed by atoms with van der Waals surface area (Å²) in [5, 5.41) is 0. The van der Waals surface area contributed by atoms with Gasteiger partial charge < -0.3 is 15.2 Å². The van der Waals surface area contributed by atoms with Gasteiger partial charge in [0.15, 0.2) is 5.65 Å². The van der Waals surface area contributed by atoms with Crippen molar-refractivity contribution < 1.29 is 14.3 Å². The van der Waals surface area contributed by atoms with Crippen molar-refractivity contribution in [3.63, 3.8) is 0 Å². The molecule has 0 aliphatic rings. The van der Waals surface area contributed by atoms with Crippen molar-refractivity contribution in [2.24, 2.45) is 5.92 Å². The first-order chi connectivity index (χ1) is 15.1. The second-order valence-electron chi connectivity index (χ2n) is 7.46. The van der Waals surface area contributed by atoms with Gasteiger partial charge in [-0.3, -0.25) is 4.57 Å². The van der Waals surface area contributed by atoms with Gasteiger partial charge in [0, 0.05) is 6.07 Å². The van der Waals surface area contributed by atoms with E-state index in [1.165, 1.54) is 0 Å². The molecule has 2 aromatic heterocycles. The molecule has 2 aromatic carbocycles. The smallest absolute Gasteiger partial charge is 0.344 e. The summed E-state index contributed by atoms with van der Waals surface area (Å²) in [5.41, 5.74) is 9.81. The van der Waals surface area contributed by atoms with Gasteiger partial charge in [-0.15, -0.1) is 0 Å². The minimum absolute atomic E-state index is 0.238. The molecule has 4 rings (SSSR count). The lowest BCUT2D eigenvalue weighted by Crippen LogP contribution is -2.15. The standard InChI is InChI=1S/C24H26N4O3/c1-4-15(5-2)14-31-24(29)20-21-23(27-19-12-7-6-11-18(19)26-21)28(22(20)25)16-9-8-10-17(13-16)30-3/h6-13,15H,4-5,14,25H2,1-3H3. The molecule has 0 fully saturated rings. The Hall–Kier alpha value is -3.61. The highest BCUT2D eigenvalue weighted by atomic mass is 16.5. The van der Waals surface area contributed by atoms with Gasteiger partial charge in [-0.25, -0.2) is 14.8 Å². The first-order valence-electron chi connectivity index (χ1n) is 10.5. The number of nitrogen functional groups attached to an aromatic ring is 1. The van der Waals surface area contributed by atoms with E-state index in [0.29, 0.717) is 40.5 Å². The summed E-state index contributed by atoms with van der Waals surface area (Å²) in [6.45, 7) is 4.52. The normalized spacial score (nSPS) is 11.4. The molecule has 0 aliphatic heterocycles. The van der Waals surface area contributed by atoms with E-state index in [-0.39, 0.29) is 11.4 Å². The number of hydrogen-bond acceptors (Lipinski definition) is 6. The van der Waals surface area contributed by atoms with Gasteiger partial charge in [-0.1, -0.05) is 44.9 Å². The van der Waals surface area contributed by atoms with Crippen LogP contribution in [0.2, 0.25) is 0 Å². The van der Waals surface area contributed by atoms with Crippen LogP contribution in [0.3, 0.4) is 0 Å². The molecule has 2 N–H and O–H groups in total. The minimum Gasteiger partial charge on any atom is -0.497 e. The molecule has 0 bridgehead atoms. The Morgan fingerprint density at radius 2 is 1.77 bits per heavy atom. The van der Waals surface area contributed by atoms with Crippen LogP contribution in [0.5, 0.6) is 5.75 Å². The van der Waals surface area contributed by atoms with E-state index in [4.69, 9.17) is 25.2 Å². The Kier molecular flexibility index (Phi) is 5.75. The van der Waals surface area contributed by atoms with Crippen LogP contribution in [0.4, 0.5) is 5.82 Å². The molecule has 2 heterocycles. The van der Waals surface area contributed by atoms with Gasteiger partial charge in [-0.05, 0) is 30.2 Å². The van der Waals surface area contributed by atoms with Crippen LogP contribution in [0.1, 0.15) is 37.0 Å². The minimum atomic E-state index is -0.486. The molecule has 0 radical (unpaired) electrons. The third-order valence-electron chi connectivity index (χ3n) is 5.62. The first kappa shape index (κ1) is 20.7. The predicted octanol–water partition coefficient (Wildman–Crippen LogP) is 4.76. The summed E-state index contributed by atoms with van der Waals surface area (Å²) in [6.07, 6.45) is 1.88. The number of aromatic nitrogens is 3. The summed E-state index contributed by atoms with van der Waals surface area (Å²) >= 11 is 0. The highest BCUT2D eigenvalue weighted by molar-refractivity contribution is 6.09. The maximum Gasteiger partial charge on any atom is 0.344 e. The average Bonchev–Trinajstić information content (AvgIpc) is 3.08. The van der Waals surface area contributed by atoms with Crippen LogP contribution < -0.4 is 10.5 Å². The van der Waals surface area contributed by atoms with Crippen molar-refractivity contribution in [3.05, 3.63) is 54.1 Å². The monoisotopic (exact) mass is 418 g/mol. The maximum atomic E-state index is 13.1. The first-order valence-corrected chi connectivity index (χ1v) is 10.5. The molecule has 0 aliphatic carbocycles. The summed E-state index contributed by atoms with van der Waals surface area (Å²) in [7, 11) is 1.60. The summed E-state index contributed by atoms with van der Waals surface area (Å²) < 4.78 is 12.7. The Balaban J connectivity index is 1.91. The van der Waals surface area contributed by atoms with E-state index in [2.05, 4.69) is 13.8 Å². The summed E-state index contributed by atoms with van der Waals surface area (Å²) in [4.78, 5) is 22.6. The molecule has 0 saturated heterocycles. The SMILES string of the molecule is CCC(CC)COC(=O)c1c(N)n(-c2cccc(OC)c2)c2nc3ccccc3nc12. The molecule has 7 heteroatoms. The number of carbonyl (C=O) groups excluding carboxylic acids is 1. The number of rotatable bonds is 7. The maximum absolute atomic E-state index is 13.1. The van der Waals surface area contributed by atoms with Gasteiger partial charge in [0.1, 0.15) is 22.6 Å². The predicted molar refractivity (Wildman–Crippen MR) is 122 cm³/mol. The molecule has 0 spiro atoms. The fourth-order valence-corrected chi connectivity index (χ4v) is 3.66. The lowest BCUT2D eigenvalue weighted by molar-refractivity contribution is 0.0436. The number of methoxy groups -OCH3 is 1. The summed E-state index contributed by atoms with van der Waals surface area (Å²) in [5.74, 6) is 0.739. The molecule has 0 amide bonds. The van der Waals surface area contributed by atoms with E-state index in [9.17, 15) is 4.79 Å². The van der Waals surface area contributed by atoms with Crippen LogP contribution in [-0.4, -0.2) is 34.2 Å². The molecule has 7 nitrogen and oxygen atoms in total. The second-order valence-corrected chi connectivity index (χ2v) is 7.46. The van der Waals surface area contributed by atoms with Gasteiger partial charge in [-0.2, -0.15) is 0 Å². The molecule has 160 valence electrons. The lowest BCUT2D eigenvalue weighted by atomic mass is 10.1. The number of anilines is 1. The second kappa shape index (κ2) is 8.63. The number of nitrogens with zero attached hydrogens (tertiary/aromatic N) is 3. The molecule has 0 unspecified atom stereocenters. The zero-order valence-corrected chi connectivity index (χ0v) is 18.0. The van der Waals surface area contributed by atoms with E-state index >= 15 is 0 Å². The third-order valence-corrected chi connectivity index (χ3v) is 5.62. The zero-order valence-electron chi connectivity index (χ0n) is 18.0. The highest BCUT2D eigenvalue weighted by Gasteiger charge is 2.26. The fourth-order valence-electron chi connectivity index (χ4n) is 3.66. The van der Waals surface area contributed by atoms with Gasteiger partial charge in [0.2, 0.25) is 0 Å². The van der Waals surface area contributed by atoms with Crippen LogP contribution in [0.15, 0.2) is 48.5 Å². The largest absolute Gasteiger partial charge is 0.497 e. The van der Waals surface area contributed by atoms with Crippen molar-refractivity contribution in [1.29, 1.82) is 0 Å². The van der Waals surface area contributed by atoms with Crippen LogP contribution in [0, 0.1) is 5.92 Å². The van der Waals surface area contributed by atoms with E-state index in [1.54, 1.807) is 11.7 Å². The highest BCUT2D eigenvalue weighted by Crippen LogP contribution is 2.32. The van der Waals surface area contributed by atoms with Crippen LogP contribution in [-0.2, 0) is 4.74 Å². The number of fused-ring (bicyclic) bond motifs is 2. The topological polar surface area (TPSA) is 92.3 Å². The molecular weight excluding hydrogens is 392 g/mol. The molecule has 0 saturated carbocycles. The lowest BCUT2D eigenvalue weighted by Gasteiger charge is -2.12. The number of nitrogens with two attached hydrogens (primary N) is 1. The Bertz CT molecular complexity index is 1240. The van der Waals surface area contributed by atoms with Crippen LogP contribution >= 0.6 is 0 Å². The Morgan fingerprint density at radius 3 is 2.45 bits per heavy atom. The van der Waals surface area contributed by atoms with Crippen molar-refractivity contribution in [2.75, 3.05) is 19.5 Å². The molecule has 4 aromatic rings. The van der Waals surface area contributed by atoms with Crippen molar-refractivity contribution in [1.82, 2.24) is 14.5 Å². The molecule has 31 heavy (non-hydrogen) atoms. The number of benzene rings is 2. The summed E-state index contributed by atoms with van der Waals surface area (Å²) in [6, 6.07) is 15.0. The van der Waals surface area contributed by atoms with Crippen molar-refractivity contribution in [2.45, 2.75) is 26.7 Å². The van der Waals surface area contributed by atoms with Crippen molar-refractivity contribution in [3.8, 4) is 11.4 Å². The Morgan fingerprint density at radius 1 is 1.06 bits per heavy atom. The average molecular weight is 418 g/mol. The van der Waals surface area contributed by atoms with E-state index in [1.807, 2.05) is 48.5 Å². The quantitative estimate of drug-likeness (QED) is 0.435. The van der Waals surface area contributed by atoms with Gasteiger partial charge in [0.05, 0.1) is 30.4 Å². The third kappa shape index (κ3) is 3.79. The Labute approximate surface area is 180 Å². The van der Waals surface area contributed by atoms with Crippen LogP contribution in [0.25, 0.3) is 27.9 Å².